The molecular formula is C12H12O2. The summed E-state index contributed by atoms with van der Waals surface area (Å²) < 4.78 is 0. The molecule has 0 amide bonds. The molecule has 1 aliphatic carbocycles. The average molecular weight is 188 g/mol. The van der Waals surface area contributed by atoms with Crippen LogP contribution in [-0.4, -0.2) is 16.3 Å². The Labute approximate surface area is 82.8 Å². The van der Waals surface area contributed by atoms with Crippen molar-refractivity contribution in [2.24, 2.45) is 0 Å². The first kappa shape index (κ1) is 9.03. The zero-order chi connectivity index (χ0) is 9.97. The minimum Gasteiger partial charge on any atom is -0.508 e. The summed E-state index contributed by atoms with van der Waals surface area (Å²) >= 11 is 0. The first-order valence-corrected chi connectivity index (χ1v) is 4.60. The molecule has 1 aromatic carbocycles. The SMILES string of the molecule is Oc1ccccc1C1C=CC=CC1O. The van der Waals surface area contributed by atoms with E-state index >= 15 is 0 Å². The predicted molar refractivity (Wildman–Crippen MR) is 55.1 cm³/mol. The molecule has 14 heavy (non-hydrogen) atoms. The number of hydrogen-bond donors (Lipinski definition) is 2. The number of phenolic OH excluding ortho intramolecular Hbond substituents is 1. The van der Waals surface area contributed by atoms with Crippen LogP contribution in [-0.2, 0) is 0 Å². The summed E-state index contributed by atoms with van der Waals surface area (Å²) in [4.78, 5) is 0. The van der Waals surface area contributed by atoms with Crippen molar-refractivity contribution in [3.63, 3.8) is 0 Å². The van der Waals surface area contributed by atoms with Gasteiger partial charge in [-0.25, -0.2) is 0 Å². The molecule has 0 saturated carbocycles. The molecular weight excluding hydrogens is 176 g/mol. The zero-order valence-corrected chi connectivity index (χ0v) is 7.67. The molecule has 2 N–H and O–H groups in total. The summed E-state index contributed by atoms with van der Waals surface area (Å²) in [6.45, 7) is 0. The van der Waals surface area contributed by atoms with Crippen LogP contribution in [0.4, 0.5) is 0 Å². The van der Waals surface area contributed by atoms with Crippen LogP contribution in [0.15, 0.2) is 48.6 Å². The van der Waals surface area contributed by atoms with Crippen LogP contribution in [0.2, 0.25) is 0 Å². The highest BCUT2D eigenvalue weighted by Crippen LogP contribution is 2.31. The summed E-state index contributed by atoms with van der Waals surface area (Å²) in [6.07, 6.45) is 6.75. The van der Waals surface area contributed by atoms with Gasteiger partial charge in [-0.2, -0.15) is 0 Å². The molecule has 0 bridgehead atoms. The van der Waals surface area contributed by atoms with Gasteiger partial charge in [-0.15, -0.1) is 0 Å². The first-order valence-electron chi connectivity index (χ1n) is 4.60. The number of aromatic hydroxyl groups is 1. The normalized spacial score (nSPS) is 25.2. The van der Waals surface area contributed by atoms with Crippen LogP contribution in [0.3, 0.4) is 0 Å². The van der Waals surface area contributed by atoms with E-state index in [1.54, 1.807) is 24.3 Å². The van der Waals surface area contributed by atoms with Crippen LogP contribution in [0, 0.1) is 0 Å². The third-order valence-corrected chi connectivity index (χ3v) is 2.40. The standard InChI is InChI=1S/C12H12O2/c13-11-7-3-1-5-9(11)10-6-2-4-8-12(10)14/h1-9,11,13-14H. The minimum absolute atomic E-state index is 0.138. The highest BCUT2D eigenvalue weighted by atomic mass is 16.3. The summed E-state index contributed by atoms with van der Waals surface area (Å²) in [6, 6.07) is 7.09. The lowest BCUT2D eigenvalue weighted by Crippen LogP contribution is -2.15. The van der Waals surface area contributed by atoms with Gasteiger partial charge in [-0.3, -0.25) is 0 Å². The molecule has 0 saturated heterocycles. The van der Waals surface area contributed by atoms with Gasteiger partial charge in [0.05, 0.1) is 6.10 Å². The third kappa shape index (κ3) is 1.56. The Balaban J connectivity index is 2.36. The molecule has 2 nitrogen and oxygen atoms in total. The van der Waals surface area contributed by atoms with E-state index < -0.39 is 6.10 Å². The molecule has 0 spiro atoms. The number of aliphatic hydroxyl groups is 1. The van der Waals surface area contributed by atoms with E-state index in [-0.39, 0.29) is 11.7 Å². The lowest BCUT2D eigenvalue weighted by Gasteiger charge is -2.20. The second kappa shape index (κ2) is 3.68. The van der Waals surface area contributed by atoms with E-state index in [0.717, 1.165) is 5.56 Å². The van der Waals surface area contributed by atoms with Crippen LogP contribution in [0.5, 0.6) is 5.75 Å². The summed E-state index contributed by atoms with van der Waals surface area (Å²) in [5.74, 6) is 0.0951. The number of aliphatic hydroxyl groups excluding tert-OH is 1. The molecule has 1 aliphatic rings. The van der Waals surface area contributed by atoms with Gasteiger partial charge >= 0.3 is 0 Å². The Morgan fingerprint density at radius 1 is 1.00 bits per heavy atom. The Bertz CT molecular complexity index is 380. The van der Waals surface area contributed by atoms with Crippen molar-refractivity contribution >= 4 is 0 Å². The zero-order valence-electron chi connectivity index (χ0n) is 7.67. The van der Waals surface area contributed by atoms with Crippen molar-refractivity contribution in [1.82, 2.24) is 0 Å². The maximum Gasteiger partial charge on any atom is 0.119 e. The summed E-state index contributed by atoms with van der Waals surface area (Å²) in [7, 11) is 0. The van der Waals surface area contributed by atoms with Crippen molar-refractivity contribution in [1.29, 1.82) is 0 Å². The molecule has 0 fully saturated rings. The number of rotatable bonds is 1. The van der Waals surface area contributed by atoms with E-state index in [1.165, 1.54) is 0 Å². The molecule has 0 aliphatic heterocycles. The number of para-hydroxylation sites is 1. The summed E-state index contributed by atoms with van der Waals surface area (Å²) in [5, 5.41) is 19.3. The molecule has 0 heterocycles. The van der Waals surface area contributed by atoms with Gasteiger partial charge in [0.15, 0.2) is 0 Å². The quantitative estimate of drug-likeness (QED) is 0.707. The predicted octanol–water partition coefficient (Wildman–Crippen LogP) is 1.96. The number of hydrogen-bond acceptors (Lipinski definition) is 2. The van der Waals surface area contributed by atoms with Crippen molar-refractivity contribution in [3.8, 4) is 5.75 Å². The third-order valence-electron chi connectivity index (χ3n) is 2.40. The van der Waals surface area contributed by atoms with E-state index in [1.807, 2.05) is 24.3 Å². The lowest BCUT2D eigenvalue weighted by atomic mass is 9.89. The highest BCUT2D eigenvalue weighted by Gasteiger charge is 2.20. The van der Waals surface area contributed by atoms with E-state index in [0.29, 0.717) is 0 Å². The number of phenols is 1. The first-order chi connectivity index (χ1) is 6.79. The molecule has 2 atom stereocenters. The fourth-order valence-electron chi connectivity index (χ4n) is 1.65. The Morgan fingerprint density at radius 3 is 2.43 bits per heavy atom. The molecule has 2 unspecified atom stereocenters. The molecule has 2 heteroatoms. The number of benzene rings is 1. The second-order valence-electron chi connectivity index (χ2n) is 3.34. The van der Waals surface area contributed by atoms with Gasteiger partial charge in [0, 0.05) is 11.5 Å². The van der Waals surface area contributed by atoms with Crippen molar-refractivity contribution in [2.45, 2.75) is 12.0 Å². The van der Waals surface area contributed by atoms with Gasteiger partial charge in [0.2, 0.25) is 0 Å². The Hall–Kier alpha value is -1.54. The maximum absolute atomic E-state index is 9.70. The van der Waals surface area contributed by atoms with Crippen molar-refractivity contribution < 1.29 is 10.2 Å². The fraction of sp³-hybridized carbons (Fsp3) is 0.167. The van der Waals surface area contributed by atoms with Crippen LogP contribution < -0.4 is 0 Å². The van der Waals surface area contributed by atoms with E-state index in [9.17, 15) is 10.2 Å². The molecule has 1 aromatic rings. The largest absolute Gasteiger partial charge is 0.508 e. The Morgan fingerprint density at radius 2 is 1.71 bits per heavy atom. The fourth-order valence-corrected chi connectivity index (χ4v) is 1.65. The molecule has 0 radical (unpaired) electrons. The van der Waals surface area contributed by atoms with E-state index in [2.05, 4.69) is 0 Å². The van der Waals surface area contributed by atoms with Gasteiger partial charge in [0.1, 0.15) is 5.75 Å². The topological polar surface area (TPSA) is 40.5 Å². The number of allylic oxidation sites excluding steroid dienone is 2. The van der Waals surface area contributed by atoms with Crippen LogP contribution >= 0.6 is 0 Å². The van der Waals surface area contributed by atoms with Crippen molar-refractivity contribution in [2.75, 3.05) is 0 Å². The minimum atomic E-state index is -0.548. The lowest BCUT2D eigenvalue weighted by molar-refractivity contribution is 0.204. The molecule has 2 rings (SSSR count). The van der Waals surface area contributed by atoms with Crippen LogP contribution in [0.25, 0.3) is 0 Å². The smallest absolute Gasteiger partial charge is 0.119 e. The average Bonchev–Trinajstić information content (AvgIpc) is 2.20. The van der Waals surface area contributed by atoms with E-state index in [4.69, 9.17) is 0 Å². The van der Waals surface area contributed by atoms with Gasteiger partial charge in [-0.1, -0.05) is 42.5 Å². The molecule has 0 aromatic heterocycles. The molecule has 72 valence electrons. The van der Waals surface area contributed by atoms with Gasteiger partial charge in [-0.05, 0) is 6.07 Å². The van der Waals surface area contributed by atoms with Crippen LogP contribution in [0.1, 0.15) is 11.5 Å². The van der Waals surface area contributed by atoms with Gasteiger partial charge < -0.3 is 10.2 Å². The Kier molecular flexibility index (Phi) is 2.37. The second-order valence-corrected chi connectivity index (χ2v) is 3.34. The van der Waals surface area contributed by atoms with Crippen molar-refractivity contribution in [3.05, 3.63) is 54.1 Å². The summed E-state index contributed by atoms with van der Waals surface area (Å²) in [5.41, 5.74) is 0.764. The maximum atomic E-state index is 9.70. The van der Waals surface area contributed by atoms with Gasteiger partial charge in [0.25, 0.3) is 0 Å². The monoisotopic (exact) mass is 188 g/mol. The highest BCUT2D eigenvalue weighted by molar-refractivity contribution is 5.40.